The van der Waals surface area contributed by atoms with Crippen molar-refractivity contribution in [2.45, 2.75) is 12.8 Å². The van der Waals surface area contributed by atoms with E-state index in [-0.39, 0.29) is 5.69 Å². The fraction of sp³-hybridized carbons (Fsp3) is 0.429. The first-order valence-corrected chi connectivity index (χ1v) is 3.61. The minimum Gasteiger partial charge on any atom is -0.476 e. The summed E-state index contributed by atoms with van der Waals surface area (Å²) in [6.07, 6.45) is 2.36. The van der Waals surface area contributed by atoms with Crippen LogP contribution in [0.15, 0.2) is 10.8 Å². The molecule has 0 bridgehead atoms. The number of oxazole rings is 1. The lowest BCUT2D eigenvalue weighted by atomic mass is 10.2. The van der Waals surface area contributed by atoms with Gasteiger partial charge in [0.25, 0.3) is 0 Å². The fourth-order valence-corrected chi connectivity index (χ4v) is 0.885. The van der Waals surface area contributed by atoms with Gasteiger partial charge in [0.2, 0.25) is 0 Å². The summed E-state index contributed by atoms with van der Waals surface area (Å²) in [5.41, 5.74) is 5.25. The van der Waals surface area contributed by atoms with Gasteiger partial charge in [0.15, 0.2) is 12.1 Å². The van der Waals surface area contributed by atoms with Gasteiger partial charge in [0.05, 0.1) is 0 Å². The molecule has 1 rings (SSSR count). The molecule has 66 valence electrons. The van der Waals surface area contributed by atoms with Crippen LogP contribution in [0.1, 0.15) is 22.7 Å². The minimum absolute atomic E-state index is 0.0107. The van der Waals surface area contributed by atoms with Gasteiger partial charge in [-0.3, -0.25) is 0 Å². The summed E-state index contributed by atoms with van der Waals surface area (Å²) < 4.78 is 4.88. The third-order valence-corrected chi connectivity index (χ3v) is 1.45. The lowest BCUT2D eigenvalue weighted by molar-refractivity contribution is 0.0688. The number of rotatable bonds is 4. The summed E-state index contributed by atoms with van der Waals surface area (Å²) in [4.78, 5) is 14.1. The molecule has 5 heteroatoms. The smallest absolute Gasteiger partial charge is 0.358 e. The van der Waals surface area contributed by atoms with Gasteiger partial charge >= 0.3 is 5.97 Å². The lowest BCUT2D eigenvalue weighted by Crippen LogP contribution is -2.04. The third kappa shape index (κ3) is 1.82. The van der Waals surface area contributed by atoms with E-state index in [0.717, 1.165) is 6.39 Å². The minimum atomic E-state index is -1.06. The van der Waals surface area contributed by atoms with Gasteiger partial charge in [-0.25, -0.2) is 9.78 Å². The van der Waals surface area contributed by atoms with Crippen LogP contribution in [0.4, 0.5) is 0 Å². The fourth-order valence-electron chi connectivity index (χ4n) is 0.885. The molecule has 0 spiro atoms. The number of aromatic nitrogens is 1. The molecular formula is C7H10N2O3. The summed E-state index contributed by atoms with van der Waals surface area (Å²) in [7, 11) is 0. The molecule has 0 aliphatic heterocycles. The highest BCUT2D eigenvalue weighted by molar-refractivity contribution is 5.86. The van der Waals surface area contributed by atoms with Crippen LogP contribution in [0.5, 0.6) is 0 Å². The highest BCUT2D eigenvalue weighted by Crippen LogP contribution is 2.08. The predicted molar refractivity (Wildman–Crippen MR) is 40.8 cm³/mol. The zero-order valence-corrected chi connectivity index (χ0v) is 6.49. The second kappa shape index (κ2) is 3.87. The SMILES string of the molecule is NCCCc1ocnc1C(=O)O. The number of aromatic carboxylic acids is 1. The molecule has 5 nitrogen and oxygen atoms in total. The van der Waals surface area contributed by atoms with E-state index in [4.69, 9.17) is 15.3 Å². The van der Waals surface area contributed by atoms with Crippen LogP contribution >= 0.6 is 0 Å². The van der Waals surface area contributed by atoms with Crippen LogP contribution in [-0.2, 0) is 6.42 Å². The first kappa shape index (κ1) is 8.73. The van der Waals surface area contributed by atoms with Crippen molar-refractivity contribution in [3.05, 3.63) is 17.8 Å². The van der Waals surface area contributed by atoms with Crippen molar-refractivity contribution in [3.63, 3.8) is 0 Å². The van der Waals surface area contributed by atoms with Gasteiger partial charge in [0.1, 0.15) is 5.76 Å². The molecule has 0 aromatic carbocycles. The van der Waals surface area contributed by atoms with Crippen molar-refractivity contribution < 1.29 is 14.3 Å². The van der Waals surface area contributed by atoms with Crippen LogP contribution < -0.4 is 5.73 Å². The van der Waals surface area contributed by atoms with Crippen molar-refractivity contribution in [1.29, 1.82) is 0 Å². The summed E-state index contributed by atoms with van der Waals surface area (Å²) in [5, 5.41) is 8.60. The van der Waals surface area contributed by atoms with Gasteiger partial charge in [-0.2, -0.15) is 0 Å². The zero-order chi connectivity index (χ0) is 8.97. The van der Waals surface area contributed by atoms with Crippen LogP contribution in [0.2, 0.25) is 0 Å². The molecule has 0 atom stereocenters. The molecule has 0 amide bonds. The van der Waals surface area contributed by atoms with Crippen molar-refractivity contribution in [2.24, 2.45) is 5.73 Å². The Labute approximate surface area is 69.2 Å². The van der Waals surface area contributed by atoms with Crippen molar-refractivity contribution in [2.75, 3.05) is 6.54 Å². The Balaban J connectivity index is 2.70. The van der Waals surface area contributed by atoms with E-state index in [1.807, 2.05) is 0 Å². The third-order valence-electron chi connectivity index (χ3n) is 1.45. The first-order valence-electron chi connectivity index (χ1n) is 3.61. The average Bonchev–Trinajstić information content (AvgIpc) is 2.48. The average molecular weight is 170 g/mol. The monoisotopic (exact) mass is 170 g/mol. The van der Waals surface area contributed by atoms with E-state index in [9.17, 15) is 4.79 Å². The van der Waals surface area contributed by atoms with Crippen LogP contribution in [-0.4, -0.2) is 22.6 Å². The number of nitrogens with zero attached hydrogens (tertiary/aromatic N) is 1. The molecular weight excluding hydrogens is 160 g/mol. The van der Waals surface area contributed by atoms with Crippen LogP contribution in [0.3, 0.4) is 0 Å². The van der Waals surface area contributed by atoms with E-state index in [1.54, 1.807) is 0 Å². The lowest BCUT2D eigenvalue weighted by Gasteiger charge is -1.94. The van der Waals surface area contributed by atoms with Crippen LogP contribution in [0.25, 0.3) is 0 Å². The standard InChI is InChI=1S/C7H10N2O3/c8-3-1-2-5-6(7(10)11)9-4-12-5/h4H,1-3,8H2,(H,10,11). The van der Waals surface area contributed by atoms with Gasteiger partial charge in [-0.15, -0.1) is 0 Å². The van der Waals surface area contributed by atoms with Crippen LogP contribution in [0, 0.1) is 0 Å². The maximum Gasteiger partial charge on any atom is 0.358 e. The molecule has 12 heavy (non-hydrogen) atoms. The van der Waals surface area contributed by atoms with E-state index >= 15 is 0 Å². The highest BCUT2D eigenvalue weighted by atomic mass is 16.4. The number of carboxylic acids is 1. The number of hydrogen-bond acceptors (Lipinski definition) is 4. The largest absolute Gasteiger partial charge is 0.476 e. The summed E-state index contributed by atoms with van der Waals surface area (Å²) in [6, 6.07) is 0. The van der Waals surface area contributed by atoms with Gasteiger partial charge < -0.3 is 15.3 Å². The highest BCUT2D eigenvalue weighted by Gasteiger charge is 2.13. The molecule has 0 radical (unpaired) electrons. The molecule has 1 aromatic heterocycles. The Hall–Kier alpha value is -1.36. The Kier molecular flexibility index (Phi) is 2.82. The molecule has 0 saturated heterocycles. The summed E-state index contributed by atoms with van der Waals surface area (Å²) in [6.45, 7) is 0.514. The van der Waals surface area contributed by atoms with Gasteiger partial charge in [-0.05, 0) is 13.0 Å². The zero-order valence-electron chi connectivity index (χ0n) is 6.49. The summed E-state index contributed by atoms with van der Waals surface area (Å²) >= 11 is 0. The molecule has 1 aromatic rings. The van der Waals surface area contributed by atoms with Crippen molar-refractivity contribution >= 4 is 5.97 Å². The number of nitrogens with two attached hydrogens (primary N) is 1. The number of carbonyl (C=O) groups is 1. The van der Waals surface area contributed by atoms with E-state index < -0.39 is 5.97 Å². The maximum atomic E-state index is 10.5. The van der Waals surface area contributed by atoms with E-state index in [1.165, 1.54) is 0 Å². The second-order valence-electron chi connectivity index (χ2n) is 2.32. The van der Waals surface area contributed by atoms with Crippen molar-refractivity contribution in [1.82, 2.24) is 4.98 Å². The van der Waals surface area contributed by atoms with E-state index in [0.29, 0.717) is 25.1 Å². The van der Waals surface area contributed by atoms with Gasteiger partial charge in [0, 0.05) is 6.42 Å². The number of hydrogen-bond donors (Lipinski definition) is 2. The van der Waals surface area contributed by atoms with E-state index in [2.05, 4.69) is 4.98 Å². The normalized spacial score (nSPS) is 10.1. The molecule has 0 saturated carbocycles. The Morgan fingerprint density at radius 1 is 1.75 bits per heavy atom. The molecule has 1 heterocycles. The number of aryl methyl sites for hydroxylation is 1. The molecule has 0 aliphatic carbocycles. The molecule has 0 aliphatic rings. The summed E-state index contributed by atoms with van der Waals surface area (Å²) in [5.74, 6) is -0.663. The van der Waals surface area contributed by atoms with Gasteiger partial charge in [-0.1, -0.05) is 0 Å². The second-order valence-corrected chi connectivity index (χ2v) is 2.32. The Bertz CT molecular complexity index is 269. The molecule has 0 fully saturated rings. The quantitative estimate of drug-likeness (QED) is 0.676. The Morgan fingerprint density at radius 2 is 2.50 bits per heavy atom. The predicted octanol–water partition coefficient (Wildman–Crippen LogP) is 0.264. The molecule has 0 unspecified atom stereocenters. The topological polar surface area (TPSA) is 89.4 Å². The molecule has 3 N–H and O–H groups in total. The van der Waals surface area contributed by atoms with Crippen molar-refractivity contribution in [3.8, 4) is 0 Å². The number of carboxylic acid groups (broad SMARTS) is 1. The maximum absolute atomic E-state index is 10.5. The first-order chi connectivity index (χ1) is 5.75. The Morgan fingerprint density at radius 3 is 3.08 bits per heavy atom.